The third-order valence-electron chi connectivity index (χ3n) is 8.81. The number of amides is 2. The third kappa shape index (κ3) is 9.15. The molecular weight excluding hydrogens is 728 g/mol. The van der Waals surface area contributed by atoms with E-state index in [-0.39, 0.29) is 11.2 Å². The molecule has 0 spiro atoms. The number of carbonyl (C=O) groups excluding carboxylic acids is 1. The van der Waals surface area contributed by atoms with Crippen LogP contribution in [0.2, 0.25) is 0 Å². The van der Waals surface area contributed by atoms with Gasteiger partial charge in [0.1, 0.15) is 17.2 Å². The highest BCUT2D eigenvalue weighted by Crippen LogP contribution is 2.45. The second kappa shape index (κ2) is 16.1. The summed E-state index contributed by atoms with van der Waals surface area (Å²) >= 11 is 0. The van der Waals surface area contributed by atoms with Crippen molar-refractivity contribution < 1.29 is 36.5 Å². The largest absolute Gasteiger partial charge is 0.496 e. The van der Waals surface area contributed by atoms with Gasteiger partial charge in [-0.25, -0.2) is 13.2 Å². The van der Waals surface area contributed by atoms with Gasteiger partial charge in [0.25, 0.3) is 0 Å². The Kier molecular flexibility index (Phi) is 12.0. The van der Waals surface area contributed by atoms with Gasteiger partial charge in [-0.1, -0.05) is 51.1 Å². The maximum absolute atomic E-state index is 13.6. The molecule has 0 saturated carbocycles. The van der Waals surface area contributed by atoms with Crippen LogP contribution in [-0.4, -0.2) is 60.2 Å². The Morgan fingerprint density at radius 2 is 1.59 bits per heavy atom. The molecule has 1 unspecified atom stereocenters. The summed E-state index contributed by atoms with van der Waals surface area (Å²) in [6, 6.07) is 23.2. The van der Waals surface area contributed by atoms with Gasteiger partial charge in [-0.2, -0.15) is 0 Å². The summed E-state index contributed by atoms with van der Waals surface area (Å²) < 4.78 is 62.3. The molecule has 0 radical (unpaired) electrons. The summed E-state index contributed by atoms with van der Waals surface area (Å²) in [5.41, 5.74) is 3.26. The fourth-order valence-electron chi connectivity index (χ4n) is 5.95. The summed E-state index contributed by atoms with van der Waals surface area (Å²) in [5, 5.41) is 7.84. The summed E-state index contributed by atoms with van der Waals surface area (Å²) in [7, 11) is -2.25. The van der Waals surface area contributed by atoms with E-state index in [1.54, 1.807) is 63.3 Å². The van der Waals surface area contributed by atoms with E-state index in [9.17, 15) is 17.8 Å². The van der Waals surface area contributed by atoms with Crippen LogP contribution in [0, 0.1) is 0 Å². The Hall–Kier alpha value is -5.10. The van der Waals surface area contributed by atoms with Crippen molar-refractivity contribution in [3.63, 3.8) is 0 Å². The van der Waals surface area contributed by atoms with Gasteiger partial charge in [-0.05, 0) is 65.9 Å². The van der Waals surface area contributed by atoms with Gasteiger partial charge >= 0.3 is 6.03 Å². The van der Waals surface area contributed by atoms with Crippen molar-refractivity contribution in [2.45, 2.75) is 39.5 Å². The molecule has 0 aliphatic carbocycles. The first kappa shape index (κ1) is 40.1. The van der Waals surface area contributed by atoms with E-state index in [4.69, 9.17) is 18.7 Å². The SMILES string of the molecule is CCOP(C)(=O)c1ccc(Cc2cc(Oc3ccc(NC(=O)Nc4cc(C(C)(C)C)cc(N(C)S(C)(=O)=O)c4OC)c4ccccc34)ccn2)cc1OC. The summed E-state index contributed by atoms with van der Waals surface area (Å²) in [4.78, 5) is 18.1. The molecule has 1 heterocycles. The van der Waals surface area contributed by atoms with Crippen LogP contribution in [0.4, 0.5) is 21.9 Å². The lowest BCUT2D eigenvalue weighted by Gasteiger charge is -2.27. The number of methoxy groups -OCH3 is 2. The number of hydrogen-bond donors (Lipinski definition) is 2. The first-order chi connectivity index (χ1) is 25.4. The van der Waals surface area contributed by atoms with Crippen LogP contribution in [-0.2, 0) is 30.9 Å². The van der Waals surface area contributed by atoms with Gasteiger partial charge < -0.3 is 29.4 Å². The van der Waals surface area contributed by atoms with Gasteiger partial charge in [0.2, 0.25) is 17.4 Å². The highest BCUT2D eigenvalue weighted by molar-refractivity contribution is 7.92. The van der Waals surface area contributed by atoms with Crippen molar-refractivity contribution in [1.29, 1.82) is 0 Å². The minimum absolute atomic E-state index is 0.209. The van der Waals surface area contributed by atoms with Crippen LogP contribution in [0.1, 0.15) is 44.5 Å². The molecule has 2 N–H and O–H groups in total. The molecule has 0 bridgehead atoms. The maximum Gasteiger partial charge on any atom is 0.323 e. The molecule has 12 nitrogen and oxygen atoms in total. The molecule has 4 aromatic carbocycles. The number of urea groups is 1. The summed E-state index contributed by atoms with van der Waals surface area (Å²) in [5.74, 6) is 1.85. The second-order valence-corrected chi connectivity index (χ2v) is 18.3. The van der Waals surface area contributed by atoms with Gasteiger partial charge in [-0.15, -0.1) is 0 Å². The molecule has 1 aromatic heterocycles. The van der Waals surface area contributed by atoms with E-state index in [2.05, 4.69) is 15.6 Å². The maximum atomic E-state index is 13.6. The number of nitrogens with one attached hydrogen (secondary N) is 2. The average Bonchev–Trinajstić information content (AvgIpc) is 3.11. The zero-order valence-corrected chi connectivity index (χ0v) is 33.7. The molecule has 1 atom stereocenters. The number of ether oxygens (including phenoxy) is 3. The normalized spacial score (nSPS) is 12.8. The molecule has 0 aliphatic rings. The Morgan fingerprint density at radius 1 is 0.889 bits per heavy atom. The molecule has 0 fully saturated rings. The van der Waals surface area contributed by atoms with Gasteiger partial charge in [0.15, 0.2) is 5.75 Å². The molecule has 0 aliphatic heterocycles. The highest BCUT2D eigenvalue weighted by Gasteiger charge is 2.26. The number of nitrogens with zero attached hydrogens (tertiary/aromatic N) is 2. The van der Waals surface area contributed by atoms with E-state index in [0.717, 1.165) is 38.2 Å². The highest BCUT2D eigenvalue weighted by atomic mass is 32.2. The van der Waals surface area contributed by atoms with E-state index in [1.165, 1.54) is 14.2 Å². The monoisotopic (exact) mass is 774 g/mol. The molecular formula is C40H47N4O8PS. The van der Waals surface area contributed by atoms with Crippen LogP contribution in [0.25, 0.3) is 10.8 Å². The lowest BCUT2D eigenvalue weighted by Crippen LogP contribution is -2.27. The van der Waals surface area contributed by atoms with E-state index < -0.39 is 23.4 Å². The van der Waals surface area contributed by atoms with Crippen LogP contribution in [0.5, 0.6) is 23.0 Å². The number of pyridine rings is 1. The molecule has 2 amide bonds. The number of hydrogen-bond acceptors (Lipinski definition) is 9. The minimum atomic E-state index is -3.63. The van der Waals surface area contributed by atoms with E-state index in [0.29, 0.717) is 52.6 Å². The van der Waals surface area contributed by atoms with Crippen molar-refractivity contribution >= 4 is 56.6 Å². The molecule has 0 saturated heterocycles. The number of benzene rings is 4. The molecule has 5 aromatic rings. The van der Waals surface area contributed by atoms with Crippen LogP contribution >= 0.6 is 7.37 Å². The molecule has 286 valence electrons. The fourth-order valence-corrected chi connectivity index (χ4v) is 7.97. The van der Waals surface area contributed by atoms with Crippen molar-refractivity contribution in [3.8, 4) is 23.0 Å². The predicted molar refractivity (Wildman–Crippen MR) is 216 cm³/mol. The lowest BCUT2D eigenvalue weighted by molar-refractivity contribution is 0.262. The number of fused-ring (bicyclic) bond motifs is 1. The van der Waals surface area contributed by atoms with Crippen LogP contribution in [0.15, 0.2) is 85.1 Å². The Bertz CT molecular complexity index is 2340. The zero-order valence-electron chi connectivity index (χ0n) is 32.0. The number of anilines is 3. The van der Waals surface area contributed by atoms with Crippen LogP contribution in [0.3, 0.4) is 0 Å². The molecule has 14 heteroatoms. The Balaban J connectivity index is 1.39. The number of carbonyl (C=O) groups is 1. The number of aromatic nitrogens is 1. The van der Waals surface area contributed by atoms with Gasteiger partial charge in [0, 0.05) is 48.9 Å². The molecule has 54 heavy (non-hydrogen) atoms. The van der Waals surface area contributed by atoms with Crippen molar-refractivity contribution in [2.75, 3.05) is 55.7 Å². The minimum Gasteiger partial charge on any atom is -0.496 e. The van der Waals surface area contributed by atoms with E-state index >= 15 is 0 Å². The van der Waals surface area contributed by atoms with Crippen LogP contribution < -0.4 is 34.5 Å². The Labute approximate surface area is 317 Å². The Morgan fingerprint density at radius 3 is 2.24 bits per heavy atom. The summed E-state index contributed by atoms with van der Waals surface area (Å²) in [6.07, 6.45) is 3.26. The lowest BCUT2D eigenvalue weighted by atomic mass is 9.86. The number of sulfonamides is 1. The third-order valence-corrected chi connectivity index (χ3v) is 12.0. The average molecular weight is 775 g/mol. The van der Waals surface area contributed by atoms with Crippen molar-refractivity contribution in [2.24, 2.45) is 0 Å². The first-order valence-corrected chi connectivity index (χ1v) is 21.2. The summed E-state index contributed by atoms with van der Waals surface area (Å²) in [6.45, 7) is 9.71. The fraction of sp³-hybridized carbons (Fsp3) is 0.300. The van der Waals surface area contributed by atoms with Gasteiger partial charge in [0.05, 0.1) is 49.4 Å². The second-order valence-electron chi connectivity index (χ2n) is 13.8. The zero-order chi connectivity index (χ0) is 39.4. The standard InChI is InChI=1S/C40H47N4O8PS/c1-10-51-53(8,46)37-18-15-26(22-36(37)49-6)21-28-25-29(19-20-41-28)52-35-17-16-32(30-13-11-12-14-31(30)35)42-39(45)43-33-23-27(40(2,3)4)24-34(38(33)50-7)44(5)54(9,47)48/h11-20,22-25H,10,21H2,1-9H3,(H2,42,43,45). The molecule has 5 rings (SSSR count). The predicted octanol–water partition coefficient (Wildman–Crippen LogP) is 8.54. The van der Waals surface area contributed by atoms with E-state index in [1.807, 2.05) is 63.2 Å². The quantitative estimate of drug-likeness (QED) is 0.112. The first-order valence-electron chi connectivity index (χ1n) is 17.2. The smallest absolute Gasteiger partial charge is 0.323 e. The number of rotatable bonds is 13. The topological polar surface area (TPSA) is 145 Å². The van der Waals surface area contributed by atoms with Crippen molar-refractivity contribution in [1.82, 2.24) is 4.98 Å². The van der Waals surface area contributed by atoms with Crippen molar-refractivity contribution in [3.05, 3.63) is 102 Å². The van der Waals surface area contributed by atoms with Gasteiger partial charge in [-0.3, -0.25) is 13.9 Å².